The second-order valence-electron chi connectivity index (χ2n) is 6.35. The lowest BCUT2D eigenvalue weighted by Crippen LogP contribution is -2.42. The van der Waals surface area contributed by atoms with Gasteiger partial charge in [0.05, 0.1) is 22.4 Å². The molecule has 0 aromatic carbocycles. The van der Waals surface area contributed by atoms with Crippen LogP contribution in [-0.2, 0) is 4.74 Å². The van der Waals surface area contributed by atoms with Crippen molar-refractivity contribution in [2.45, 2.75) is 45.3 Å². The van der Waals surface area contributed by atoms with E-state index in [0.29, 0.717) is 11.7 Å². The van der Waals surface area contributed by atoms with Crippen LogP contribution in [0.15, 0.2) is 16.7 Å². The molecule has 0 saturated carbocycles. The van der Waals surface area contributed by atoms with Gasteiger partial charge in [-0.15, -0.1) is 0 Å². The Morgan fingerprint density at radius 2 is 2.32 bits per heavy atom. The summed E-state index contributed by atoms with van der Waals surface area (Å²) >= 11 is 9.23. The first-order chi connectivity index (χ1) is 10.3. The van der Waals surface area contributed by atoms with Gasteiger partial charge in [0.2, 0.25) is 0 Å². The Hall–Kier alpha value is -1.01. The van der Waals surface area contributed by atoms with Crippen LogP contribution in [0.2, 0.25) is 5.15 Å². The molecule has 1 amide bonds. The zero-order chi connectivity index (χ0) is 16.3. The van der Waals surface area contributed by atoms with Crippen molar-refractivity contribution in [3.8, 4) is 0 Å². The van der Waals surface area contributed by atoms with Gasteiger partial charge in [-0.25, -0.2) is 9.78 Å². The van der Waals surface area contributed by atoms with E-state index < -0.39 is 5.60 Å². The number of carbonyl (C=O) groups excluding carboxylic acids is 1. The molecule has 1 aromatic rings. The molecular weight excluding hydrogens is 370 g/mol. The van der Waals surface area contributed by atoms with Gasteiger partial charge in [0.1, 0.15) is 10.8 Å². The Kier molecular flexibility index (Phi) is 5.55. The van der Waals surface area contributed by atoms with Crippen molar-refractivity contribution in [1.82, 2.24) is 9.88 Å². The molecule has 0 radical (unpaired) electrons. The monoisotopic (exact) mass is 389 g/mol. The quantitative estimate of drug-likeness (QED) is 0.781. The second kappa shape index (κ2) is 7.04. The number of halogens is 2. The number of carbonyl (C=O) groups is 1. The standard InChI is InChI=1S/C15H21BrClN3O2/c1-15(2,3)22-14(21)20-6-4-5-11(20)9-18-10-7-12(16)13(17)19-8-10/h7-8,11,18H,4-6,9H2,1-3H3. The van der Waals surface area contributed by atoms with Crippen LogP contribution in [0, 0.1) is 0 Å². The largest absolute Gasteiger partial charge is 0.444 e. The number of ether oxygens (including phenoxy) is 1. The van der Waals surface area contributed by atoms with Crippen LogP contribution >= 0.6 is 27.5 Å². The van der Waals surface area contributed by atoms with E-state index in [0.717, 1.165) is 29.5 Å². The minimum absolute atomic E-state index is 0.129. The van der Waals surface area contributed by atoms with Crippen LogP contribution in [-0.4, -0.2) is 40.7 Å². The molecule has 7 heteroatoms. The van der Waals surface area contributed by atoms with Gasteiger partial charge in [0.25, 0.3) is 0 Å². The smallest absolute Gasteiger partial charge is 0.410 e. The number of amides is 1. The molecular formula is C15H21BrClN3O2. The Labute approximate surface area is 144 Å². The molecule has 1 N–H and O–H groups in total. The van der Waals surface area contributed by atoms with E-state index in [1.807, 2.05) is 26.8 Å². The lowest BCUT2D eigenvalue weighted by Gasteiger charge is -2.28. The maximum Gasteiger partial charge on any atom is 0.410 e. The van der Waals surface area contributed by atoms with Crippen LogP contribution < -0.4 is 5.32 Å². The summed E-state index contributed by atoms with van der Waals surface area (Å²) in [5.41, 5.74) is 0.398. The third-order valence-corrected chi connectivity index (χ3v) is 4.48. The second-order valence-corrected chi connectivity index (χ2v) is 7.56. The number of hydrogen-bond donors (Lipinski definition) is 1. The Morgan fingerprint density at radius 3 is 2.95 bits per heavy atom. The van der Waals surface area contributed by atoms with Crippen molar-refractivity contribution in [3.05, 3.63) is 21.9 Å². The van der Waals surface area contributed by atoms with Crippen molar-refractivity contribution in [3.63, 3.8) is 0 Å². The zero-order valence-corrected chi connectivity index (χ0v) is 15.4. The van der Waals surface area contributed by atoms with Crippen LogP contribution in [0.3, 0.4) is 0 Å². The highest BCUT2D eigenvalue weighted by atomic mass is 79.9. The molecule has 1 atom stereocenters. The fourth-order valence-electron chi connectivity index (χ4n) is 2.36. The van der Waals surface area contributed by atoms with Gasteiger partial charge < -0.3 is 15.0 Å². The molecule has 2 heterocycles. The van der Waals surface area contributed by atoms with E-state index in [2.05, 4.69) is 26.2 Å². The van der Waals surface area contributed by atoms with Gasteiger partial charge in [0, 0.05) is 13.1 Å². The fraction of sp³-hybridized carbons (Fsp3) is 0.600. The molecule has 1 fully saturated rings. The van der Waals surface area contributed by atoms with Crippen LogP contribution in [0.25, 0.3) is 0 Å². The summed E-state index contributed by atoms with van der Waals surface area (Å²) in [6.45, 7) is 7.04. The first-order valence-corrected chi connectivity index (χ1v) is 8.48. The van der Waals surface area contributed by atoms with Crippen molar-refractivity contribution < 1.29 is 9.53 Å². The van der Waals surface area contributed by atoms with E-state index in [1.54, 1.807) is 11.1 Å². The Bertz CT molecular complexity index is 548. The number of rotatable bonds is 3. The third kappa shape index (κ3) is 4.74. The summed E-state index contributed by atoms with van der Waals surface area (Å²) in [5, 5.41) is 3.73. The first kappa shape index (κ1) is 17.3. The summed E-state index contributed by atoms with van der Waals surface area (Å²) in [4.78, 5) is 18.1. The highest BCUT2D eigenvalue weighted by molar-refractivity contribution is 9.10. The number of nitrogens with one attached hydrogen (secondary N) is 1. The summed E-state index contributed by atoms with van der Waals surface area (Å²) in [6, 6.07) is 2.01. The topological polar surface area (TPSA) is 54.5 Å². The lowest BCUT2D eigenvalue weighted by molar-refractivity contribution is 0.0235. The summed E-state index contributed by atoms with van der Waals surface area (Å²) in [7, 11) is 0. The predicted molar refractivity (Wildman–Crippen MR) is 91.4 cm³/mol. The maximum atomic E-state index is 12.2. The number of aromatic nitrogens is 1. The summed E-state index contributed by atoms with van der Waals surface area (Å²) < 4.78 is 6.21. The molecule has 1 unspecified atom stereocenters. The Morgan fingerprint density at radius 1 is 1.59 bits per heavy atom. The van der Waals surface area contributed by atoms with Gasteiger partial charge >= 0.3 is 6.09 Å². The first-order valence-electron chi connectivity index (χ1n) is 7.31. The molecule has 122 valence electrons. The van der Waals surface area contributed by atoms with Gasteiger partial charge in [-0.3, -0.25) is 0 Å². The third-order valence-electron chi connectivity index (χ3n) is 3.34. The minimum atomic E-state index is -0.470. The maximum absolute atomic E-state index is 12.2. The average molecular weight is 391 g/mol. The number of anilines is 1. The SMILES string of the molecule is CC(C)(C)OC(=O)N1CCCC1CNc1cnc(Cl)c(Br)c1. The molecule has 1 saturated heterocycles. The molecule has 1 aliphatic heterocycles. The van der Waals surface area contributed by atoms with Crippen molar-refractivity contribution in [2.24, 2.45) is 0 Å². The minimum Gasteiger partial charge on any atom is -0.444 e. The number of nitrogens with zero attached hydrogens (tertiary/aromatic N) is 2. The van der Waals surface area contributed by atoms with Crippen LogP contribution in [0.4, 0.5) is 10.5 Å². The van der Waals surface area contributed by atoms with Crippen LogP contribution in [0.5, 0.6) is 0 Å². The van der Waals surface area contributed by atoms with Crippen molar-refractivity contribution in [1.29, 1.82) is 0 Å². The Balaban J connectivity index is 1.93. The van der Waals surface area contributed by atoms with Crippen molar-refractivity contribution >= 4 is 39.3 Å². The molecule has 2 rings (SSSR count). The van der Waals surface area contributed by atoms with Gasteiger partial charge in [-0.1, -0.05) is 11.6 Å². The normalized spacial score (nSPS) is 18.4. The molecule has 0 spiro atoms. The van der Waals surface area contributed by atoms with Gasteiger partial charge in [-0.2, -0.15) is 0 Å². The molecule has 5 nitrogen and oxygen atoms in total. The van der Waals surface area contributed by atoms with Crippen molar-refractivity contribution in [2.75, 3.05) is 18.4 Å². The van der Waals surface area contributed by atoms with E-state index in [1.165, 1.54) is 0 Å². The molecule has 0 bridgehead atoms. The number of hydrogen-bond acceptors (Lipinski definition) is 4. The number of pyridine rings is 1. The van der Waals surface area contributed by atoms with E-state index in [-0.39, 0.29) is 12.1 Å². The van der Waals surface area contributed by atoms with E-state index in [9.17, 15) is 4.79 Å². The molecule has 22 heavy (non-hydrogen) atoms. The lowest BCUT2D eigenvalue weighted by atomic mass is 10.2. The highest BCUT2D eigenvalue weighted by Crippen LogP contribution is 2.24. The molecule has 1 aliphatic rings. The zero-order valence-electron chi connectivity index (χ0n) is 13.0. The molecule has 1 aromatic heterocycles. The van der Waals surface area contributed by atoms with E-state index >= 15 is 0 Å². The summed E-state index contributed by atoms with van der Waals surface area (Å²) in [5.74, 6) is 0. The number of likely N-dealkylation sites (tertiary alicyclic amines) is 1. The van der Waals surface area contributed by atoms with Gasteiger partial charge in [-0.05, 0) is 55.6 Å². The highest BCUT2D eigenvalue weighted by Gasteiger charge is 2.31. The van der Waals surface area contributed by atoms with Crippen LogP contribution in [0.1, 0.15) is 33.6 Å². The summed E-state index contributed by atoms with van der Waals surface area (Å²) in [6.07, 6.45) is 3.40. The van der Waals surface area contributed by atoms with E-state index in [4.69, 9.17) is 16.3 Å². The van der Waals surface area contributed by atoms with Gasteiger partial charge in [0.15, 0.2) is 0 Å². The fourth-order valence-corrected chi connectivity index (χ4v) is 2.81. The predicted octanol–water partition coefficient (Wildman–Crippen LogP) is 4.31. The average Bonchev–Trinajstić information content (AvgIpc) is 2.87. The molecule has 0 aliphatic carbocycles.